The van der Waals surface area contributed by atoms with E-state index in [1.54, 1.807) is 6.92 Å². The Morgan fingerprint density at radius 1 is 0.797 bits per heavy atom. The summed E-state index contributed by atoms with van der Waals surface area (Å²) in [5.74, 6) is -1.95. The van der Waals surface area contributed by atoms with Crippen molar-refractivity contribution in [3.05, 3.63) is 106 Å². The van der Waals surface area contributed by atoms with Gasteiger partial charge in [-0.1, -0.05) is 107 Å². The maximum Gasteiger partial charge on any atom is 0.519 e. The molecule has 10 atom stereocenters. The molecule has 1 amide bonds. The van der Waals surface area contributed by atoms with Crippen LogP contribution >= 0.6 is 0 Å². The van der Waals surface area contributed by atoms with Crippen molar-refractivity contribution in [3.8, 4) is 0 Å². The van der Waals surface area contributed by atoms with Crippen LogP contribution in [0.1, 0.15) is 148 Å². The summed E-state index contributed by atoms with van der Waals surface area (Å²) in [5.41, 5.74) is -0.550. The predicted molar refractivity (Wildman–Crippen MR) is 240 cm³/mol. The molecule has 11 nitrogen and oxygen atoms in total. The number of aryl methyl sites for hydroxylation is 1. The van der Waals surface area contributed by atoms with Crippen molar-refractivity contribution in [1.82, 2.24) is 5.32 Å². The lowest BCUT2D eigenvalue weighted by Gasteiger charge is -2.70. The molecule has 0 spiro atoms. The van der Waals surface area contributed by atoms with Gasteiger partial charge in [0.15, 0.2) is 30.0 Å². The number of benzene rings is 2. The molecule has 0 saturated heterocycles. The van der Waals surface area contributed by atoms with E-state index in [1.165, 1.54) is 0 Å². The second kappa shape index (κ2) is 16.8. The summed E-state index contributed by atoms with van der Waals surface area (Å²) in [4.78, 5) is 69.8. The number of unbranched alkanes of at least 4 members (excludes halogenated alkanes) is 1. The molecule has 64 heavy (non-hydrogen) atoms. The van der Waals surface area contributed by atoms with Gasteiger partial charge >= 0.3 is 23.9 Å². The SMILES string of the molecule is CCCCOC(=O)N[C@H]1CC[C@@]2(C)[C@@H](CC[C@]3(C)[C@@H]2C(=O)C=C2[C@@H]4C[C@@](C)(C(=O)OC(c5ccccc5)c5ccccc5)CC[C@]4(C)CC[C@]23C)[C@]1(C)C(=O)OCc1oc(=O)oc1C. The second-order valence-corrected chi connectivity index (χ2v) is 21.4. The minimum Gasteiger partial charge on any atom is -0.457 e. The first-order valence-electron chi connectivity index (χ1n) is 23.6. The van der Waals surface area contributed by atoms with Crippen molar-refractivity contribution >= 4 is 23.8 Å². The average Bonchev–Trinajstić information content (AvgIpc) is 3.60. The van der Waals surface area contributed by atoms with E-state index in [-0.39, 0.29) is 59.2 Å². The van der Waals surface area contributed by atoms with Crippen LogP contribution in [0, 0.1) is 57.2 Å². The van der Waals surface area contributed by atoms with Crippen molar-refractivity contribution < 1.29 is 42.2 Å². The molecule has 1 heterocycles. The first-order valence-corrected chi connectivity index (χ1v) is 23.6. The van der Waals surface area contributed by atoms with Crippen LogP contribution in [0.5, 0.6) is 0 Å². The fourth-order valence-electron chi connectivity index (χ4n) is 13.7. The van der Waals surface area contributed by atoms with Crippen molar-refractivity contribution in [3.63, 3.8) is 0 Å². The maximum atomic E-state index is 15.3. The fraction of sp³-hybridized carbons (Fsp3) is 0.604. The molecule has 0 radical (unpaired) electrons. The third-order valence-corrected chi connectivity index (χ3v) is 17.8. The molecule has 4 fully saturated rings. The van der Waals surface area contributed by atoms with Crippen LogP contribution in [0.3, 0.4) is 0 Å². The van der Waals surface area contributed by atoms with Crippen LogP contribution in [-0.2, 0) is 35.2 Å². The van der Waals surface area contributed by atoms with Gasteiger partial charge in [-0.25, -0.2) is 9.59 Å². The summed E-state index contributed by atoms with van der Waals surface area (Å²) in [6, 6.07) is 19.2. The molecule has 344 valence electrons. The van der Waals surface area contributed by atoms with E-state index in [9.17, 15) is 19.2 Å². The summed E-state index contributed by atoms with van der Waals surface area (Å²) >= 11 is 0. The highest BCUT2D eigenvalue weighted by Crippen LogP contribution is 2.75. The van der Waals surface area contributed by atoms with E-state index in [2.05, 4.69) is 39.9 Å². The molecule has 5 aliphatic carbocycles. The number of nitrogens with one attached hydrogen (secondary N) is 1. The minimum atomic E-state index is -1.25. The lowest BCUT2D eigenvalue weighted by Crippen LogP contribution is -2.69. The highest BCUT2D eigenvalue weighted by atomic mass is 16.6. The highest BCUT2D eigenvalue weighted by Gasteiger charge is 2.72. The van der Waals surface area contributed by atoms with Crippen molar-refractivity contribution in [1.29, 1.82) is 0 Å². The van der Waals surface area contributed by atoms with E-state index in [0.29, 0.717) is 38.5 Å². The van der Waals surface area contributed by atoms with Gasteiger partial charge < -0.3 is 28.4 Å². The number of amides is 1. The van der Waals surface area contributed by atoms with Gasteiger partial charge in [-0.05, 0) is 136 Å². The summed E-state index contributed by atoms with van der Waals surface area (Å²) in [5, 5.41) is 3.05. The third-order valence-electron chi connectivity index (χ3n) is 17.8. The number of hydrogen-bond donors (Lipinski definition) is 1. The standard InChI is InChI=1S/C53H67NO10/c1-9-10-29-60-46(58)54-41-22-23-50(5)40(53(41,8)45(57)61-32-39-33(2)62-47(59)63-39)21-24-52(7)43(50)38(55)30-36-37-31-49(4,26-25-48(37,3)27-28-51(36,52)6)44(56)64-42(34-17-13-11-14-18-34)35-19-15-12-16-20-35/h11-20,30,37,40-43H,9-10,21-29,31-32H2,1-8H3,(H,54,58)/t37-,40+,41-,43+,48+,49-,50-,51+,52+,53-/m0/s1. The zero-order valence-electron chi connectivity index (χ0n) is 39.0. The number of rotatable bonds is 11. The van der Waals surface area contributed by atoms with E-state index >= 15 is 4.79 Å². The Hall–Kier alpha value is -4.93. The van der Waals surface area contributed by atoms with Gasteiger partial charge in [0.05, 0.1) is 17.4 Å². The maximum absolute atomic E-state index is 15.3. The number of alkyl carbamates (subject to hydrolysis) is 1. The quantitative estimate of drug-likeness (QED) is 0.112. The van der Waals surface area contributed by atoms with Crippen molar-refractivity contribution in [2.75, 3.05) is 6.61 Å². The summed E-state index contributed by atoms with van der Waals surface area (Å²) < 4.78 is 28.3. The lowest BCUT2D eigenvalue weighted by molar-refractivity contribution is -0.205. The van der Waals surface area contributed by atoms with Crippen LogP contribution in [0.2, 0.25) is 0 Å². The normalized spacial score (nSPS) is 35.5. The number of ether oxygens (including phenoxy) is 3. The van der Waals surface area contributed by atoms with Gasteiger partial charge in [-0.2, -0.15) is 0 Å². The van der Waals surface area contributed by atoms with E-state index in [4.69, 9.17) is 23.0 Å². The molecule has 4 saturated carbocycles. The zero-order valence-corrected chi connectivity index (χ0v) is 39.0. The molecule has 1 aromatic heterocycles. The van der Waals surface area contributed by atoms with Crippen molar-refractivity contribution in [2.24, 2.45) is 50.2 Å². The van der Waals surface area contributed by atoms with Gasteiger partial charge in [0.2, 0.25) is 0 Å². The van der Waals surface area contributed by atoms with Crippen LogP contribution in [0.4, 0.5) is 4.79 Å². The first-order chi connectivity index (χ1) is 30.3. The lowest BCUT2D eigenvalue weighted by atomic mass is 9.33. The summed E-state index contributed by atoms with van der Waals surface area (Å²) in [6.45, 7) is 16.7. The highest BCUT2D eigenvalue weighted by molar-refractivity contribution is 5.96. The fourth-order valence-corrected chi connectivity index (χ4v) is 13.7. The van der Waals surface area contributed by atoms with Gasteiger partial charge in [0.25, 0.3) is 0 Å². The Morgan fingerprint density at radius 2 is 1.45 bits per heavy atom. The number of esters is 2. The Labute approximate surface area is 377 Å². The molecule has 0 unspecified atom stereocenters. The first kappa shape index (κ1) is 45.6. The number of fused-ring (bicyclic) bond motifs is 7. The Bertz CT molecular complexity index is 2310. The molecule has 8 rings (SSSR count). The number of carbonyl (C=O) groups excluding carboxylic acids is 4. The number of ketones is 1. The predicted octanol–water partition coefficient (Wildman–Crippen LogP) is 10.8. The number of carbonyl (C=O) groups is 4. The number of hydrogen-bond acceptors (Lipinski definition) is 10. The Balaban J connectivity index is 1.11. The third kappa shape index (κ3) is 7.46. The van der Waals surface area contributed by atoms with E-state index in [0.717, 1.165) is 48.8 Å². The molecule has 11 heteroatoms. The molecule has 1 N–H and O–H groups in total. The Morgan fingerprint density at radius 3 is 2.08 bits per heavy atom. The molecule has 0 aliphatic heterocycles. The second-order valence-electron chi connectivity index (χ2n) is 21.4. The largest absolute Gasteiger partial charge is 0.519 e. The molecular weight excluding hydrogens is 811 g/mol. The van der Waals surface area contributed by atoms with Crippen LogP contribution in [-0.4, -0.2) is 36.5 Å². The van der Waals surface area contributed by atoms with Crippen LogP contribution in [0.15, 0.2) is 85.9 Å². The smallest absolute Gasteiger partial charge is 0.457 e. The van der Waals surface area contributed by atoms with Crippen molar-refractivity contribution in [2.45, 2.75) is 145 Å². The van der Waals surface area contributed by atoms with E-state index < -0.39 is 57.6 Å². The van der Waals surface area contributed by atoms with Crippen LogP contribution < -0.4 is 11.1 Å². The molecule has 5 aliphatic rings. The van der Waals surface area contributed by atoms with Gasteiger partial charge in [-0.15, -0.1) is 0 Å². The van der Waals surface area contributed by atoms with Gasteiger partial charge in [0, 0.05) is 12.0 Å². The molecule has 2 aromatic carbocycles. The summed E-state index contributed by atoms with van der Waals surface area (Å²) in [7, 11) is 0. The summed E-state index contributed by atoms with van der Waals surface area (Å²) in [6.07, 6.45) is 8.81. The zero-order chi connectivity index (χ0) is 45.9. The molecular formula is C53H67NO10. The average molecular weight is 878 g/mol. The van der Waals surface area contributed by atoms with Crippen LogP contribution in [0.25, 0.3) is 0 Å². The van der Waals surface area contributed by atoms with E-state index in [1.807, 2.05) is 80.6 Å². The molecule has 3 aromatic rings. The minimum absolute atomic E-state index is 0.00188. The number of allylic oxidation sites excluding steroid dienone is 2. The monoisotopic (exact) mass is 877 g/mol. The van der Waals surface area contributed by atoms with Gasteiger partial charge in [0.1, 0.15) is 0 Å². The molecule has 0 bridgehead atoms. The van der Waals surface area contributed by atoms with Gasteiger partial charge in [-0.3, -0.25) is 14.4 Å². The Kier molecular flexibility index (Phi) is 12.0. The topological polar surface area (TPSA) is 151 Å².